The number of anilines is 1. The molecule has 2 aliphatic rings. The number of hydrogen-bond donors (Lipinski definition) is 2. The third-order valence-corrected chi connectivity index (χ3v) is 9.37. The standard InChI is InChI=1S/C31H37BN2O5S.2C2H6/c1-28(2,3)33-40(37)24-18-14-22(15-19-24)31(36)25-10-8-9-11-26(25)34(27(31)35)20-21-12-16-23(17-13-21)32-38-29(4,5)30(6,7)39-32;2*1-2/h8-19,33,36H,20H2,1-7H3;2*1-2H3. The maximum Gasteiger partial charge on any atom is 0.494 e. The van der Waals surface area contributed by atoms with E-state index in [1.165, 1.54) is 0 Å². The monoisotopic (exact) mass is 620 g/mol. The number of benzene rings is 3. The quantitative estimate of drug-likeness (QED) is 0.319. The molecule has 238 valence electrons. The van der Waals surface area contributed by atoms with Gasteiger partial charge in [0.15, 0.2) is 5.60 Å². The molecule has 2 atom stereocenters. The number of para-hydroxylation sites is 1. The minimum atomic E-state index is -1.85. The van der Waals surface area contributed by atoms with Gasteiger partial charge in [0, 0.05) is 11.1 Å². The Kier molecular flexibility index (Phi) is 11.1. The summed E-state index contributed by atoms with van der Waals surface area (Å²) in [5.41, 5.74) is 0.396. The molecule has 44 heavy (non-hydrogen) atoms. The SMILES string of the molecule is CC.CC.CC(C)(C)NS(=O)c1ccc(C2(O)C(=O)N(Cc3ccc(B4OC(C)(C)C(C)(C)O4)cc3)c3ccccc32)cc1. The van der Waals surface area contributed by atoms with Crippen molar-refractivity contribution in [3.05, 3.63) is 89.5 Å². The summed E-state index contributed by atoms with van der Waals surface area (Å²) in [4.78, 5) is 16.1. The van der Waals surface area contributed by atoms with Gasteiger partial charge in [0.25, 0.3) is 5.91 Å². The summed E-state index contributed by atoms with van der Waals surface area (Å²) in [5, 5.41) is 11.9. The van der Waals surface area contributed by atoms with Crippen LogP contribution in [0.3, 0.4) is 0 Å². The Morgan fingerprint density at radius 2 is 1.36 bits per heavy atom. The third-order valence-electron chi connectivity index (χ3n) is 7.87. The van der Waals surface area contributed by atoms with E-state index in [9.17, 15) is 14.1 Å². The normalized spacial score (nSPS) is 20.7. The first-order chi connectivity index (χ1) is 20.6. The largest absolute Gasteiger partial charge is 0.494 e. The topological polar surface area (TPSA) is 88.1 Å². The van der Waals surface area contributed by atoms with Gasteiger partial charge >= 0.3 is 7.12 Å². The highest BCUT2D eigenvalue weighted by atomic mass is 32.2. The van der Waals surface area contributed by atoms with Crippen molar-refractivity contribution in [2.24, 2.45) is 0 Å². The van der Waals surface area contributed by atoms with Gasteiger partial charge in [0.1, 0.15) is 11.0 Å². The summed E-state index contributed by atoms with van der Waals surface area (Å²) >= 11 is 0. The van der Waals surface area contributed by atoms with E-state index in [1.807, 2.05) is 119 Å². The molecule has 1 amide bonds. The van der Waals surface area contributed by atoms with Gasteiger partial charge in [-0.05, 0) is 83.3 Å². The second-order valence-corrected chi connectivity index (χ2v) is 13.8. The van der Waals surface area contributed by atoms with Crippen molar-refractivity contribution in [1.29, 1.82) is 0 Å². The van der Waals surface area contributed by atoms with E-state index in [4.69, 9.17) is 9.31 Å². The van der Waals surface area contributed by atoms with Gasteiger partial charge in [-0.2, -0.15) is 0 Å². The predicted octanol–water partition coefficient (Wildman–Crippen LogP) is 6.23. The average molecular weight is 621 g/mol. The van der Waals surface area contributed by atoms with E-state index in [2.05, 4.69) is 4.72 Å². The molecule has 0 aliphatic carbocycles. The van der Waals surface area contributed by atoms with Gasteiger partial charge < -0.3 is 19.3 Å². The highest BCUT2D eigenvalue weighted by molar-refractivity contribution is 7.83. The van der Waals surface area contributed by atoms with Gasteiger partial charge in [-0.25, -0.2) is 8.93 Å². The van der Waals surface area contributed by atoms with Crippen LogP contribution >= 0.6 is 0 Å². The highest BCUT2D eigenvalue weighted by Gasteiger charge is 2.52. The van der Waals surface area contributed by atoms with Gasteiger partial charge in [-0.1, -0.05) is 82.3 Å². The first-order valence-electron chi connectivity index (χ1n) is 15.5. The minimum Gasteiger partial charge on any atom is -0.399 e. The van der Waals surface area contributed by atoms with Crippen molar-refractivity contribution >= 4 is 35.2 Å². The number of amides is 1. The molecular formula is C35H49BN2O5S. The molecule has 2 unspecified atom stereocenters. The van der Waals surface area contributed by atoms with E-state index >= 15 is 0 Å². The molecule has 1 fully saturated rings. The van der Waals surface area contributed by atoms with E-state index in [0.717, 1.165) is 11.0 Å². The summed E-state index contributed by atoms with van der Waals surface area (Å²) in [6.45, 7) is 22.2. The van der Waals surface area contributed by atoms with Gasteiger partial charge in [0.05, 0.1) is 28.3 Å². The molecule has 0 saturated carbocycles. The summed E-state index contributed by atoms with van der Waals surface area (Å²) in [7, 11) is -1.88. The number of nitrogens with one attached hydrogen (secondary N) is 1. The van der Waals surface area contributed by atoms with E-state index < -0.39 is 40.8 Å². The van der Waals surface area contributed by atoms with Crippen LogP contribution < -0.4 is 15.1 Å². The molecule has 0 aromatic heterocycles. The van der Waals surface area contributed by atoms with Crippen LogP contribution in [0, 0.1) is 0 Å². The second-order valence-electron chi connectivity index (χ2n) is 12.6. The van der Waals surface area contributed by atoms with Crippen molar-refractivity contribution in [3.63, 3.8) is 0 Å². The zero-order valence-electron chi connectivity index (χ0n) is 28.1. The Morgan fingerprint density at radius 1 is 0.841 bits per heavy atom. The fourth-order valence-electron chi connectivity index (χ4n) is 4.97. The average Bonchev–Trinajstić information content (AvgIpc) is 3.35. The van der Waals surface area contributed by atoms with Gasteiger partial charge in [0.2, 0.25) is 0 Å². The Hall–Kier alpha value is -2.82. The van der Waals surface area contributed by atoms with Crippen LogP contribution in [0.25, 0.3) is 0 Å². The highest BCUT2D eigenvalue weighted by Crippen LogP contribution is 2.45. The molecule has 0 radical (unpaired) electrons. The van der Waals surface area contributed by atoms with Crippen molar-refractivity contribution in [2.45, 2.75) is 110 Å². The molecule has 1 saturated heterocycles. The first kappa shape index (κ1) is 35.7. The maximum absolute atomic E-state index is 13.9. The summed E-state index contributed by atoms with van der Waals surface area (Å²) in [5.74, 6) is -0.426. The number of carbonyl (C=O) groups excluding carboxylic acids is 1. The van der Waals surface area contributed by atoms with Crippen molar-refractivity contribution < 1.29 is 23.4 Å². The van der Waals surface area contributed by atoms with Gasteiger partial charge in [-0.3, -0.25) is 4.79 Å². The molecule has 3 aromatic rings. The smallest absolute Gasteiger partial charge is 0.399 e. The van der Waals surface area contributed by atoms with Crippen LogP contribution in [0.5, 0.6) is 0 Å². The Labute approximate surface area is 267 Å². The number of carbonyl (C=O) groups is 1. The molecule has 7 nitrogen and oxygen atoms in total. The molecule has 2 heterocycles. The van der Waals surface area contributed by atoms with Crippen molar-refractivity contribution in [1.82, 2.24) is 4.72 Å². The van der Waals surface area contributed by atoms with Crippen LogP contribution in [0.2, 0.25) is 0 Å². The predicted molar refractivity (Wildman–Crippen MR) is 181 cm³/mol. The summed E-state index contributed by atoms with van der Waals surface area (Å²) < 4.78 is 28.1. The zero-order valence-corrected chi connectivity index (χ0v) is 29.0. The fourth-order valence-corrected chi connectivity index (χ4v) is 6.03. The van der Waals surface area contributed by atoms with Gasteiger partial charge in [-0.15, -0.1) is 0 Å². The van der Waals surface area contributed by atoms with E-state index in [1.54, 1.807) is 35.2 Å². The zero-order chi connectivity index (χ0) is 33.1. The third kappa shape index (κ3) is 7.02. The lowest BCUT2D eigenvalue weighted by Crippen LogP contribution is -2.41. The Bertz CT molecular complexity index is 1440. The number of aliphatic hydroxyl groups is 1. The Balaban J connectivity index is 0.00000127. The number of fused-ring (bicyclic) bond motifs is 1. The number of hydrogen-bond acceptors (Lipinski definition) is 5. The lowest BCUT2D eigenvalue weighted by molar-refractivity contribution is -0.132. The number of rotatable bonds is 6. The lowest BCUT2D eigenvalue weighted by Gasteiger charge is -2.32. The van der Waals surface area contributed by atoms with E-state index in [-0.39, 0.29) is 5.54 Å². The first-order valence-corrected chi connectivity index (χ1v) is 16.7. The van der Waals surface area contributed by atoms with Crippen LogP contribution in [-0.2, 0) is 37.2 Å². The Morgan fingerprint density at radius 3 is 1.89 bits per heavy atom. The fraction of sp³-hybridized carbons (Fsp3) is 0.457. The molecule has 2 aliphatic heterocycles. The van der Waals surface area contributed by atoms with Crippen LogP contribution in [0.15, 0.2) is 77.7 Å². The molecule has 9 heteroatoms. The lowest BCUT2D eigenvalue weighted by atomic mass is 9.79. The molecule has 5 rings (SSSR count). The molecular weight excluding hydrogens is 571 g/mol. The molecule has 0 bridgehead atoms. The van der Waals surface area contributed by atoms with Crippen molar-refractivity contribution in [2.75, 3.05) is 4.90 Å². The summed E-state index contributed by atoms with van der Waals surface area (Å²) in [6.07, 6.45) is 0. The minimum absolute atomic E-state index is 0.291. The van der Waals surface area contributed by atoms with Crippen LogP contribution in [0.4, 0.5) is 5.69 Å². The molecule has 0 spiro atoms. The summed E-state index contributed by atoms with van der Waals surface area (Å²) in [6, 6.07) is 21.9. The van der Waals surface area contributed by atoms with Crippen LogP contribution in [0.1, 0.15) is 92.9 Å². The number of nitrogens with zero attached hydrogens (tertiary/aromatic N) is 1. The molecule has 3 aromatic carbocycles. The molecule has 2 N–H and O–H groups in total. The van der Waals surface area contributed by atoms with Crippen molar-refractivity contribution in [3.8, 4) is 0 Å². The maximum atomic E-state index is 13.9. The van der Waals surface area contributed by atoms with Crippen LogP contribution in [-0.4, -0.2) is 39.1 Å². The van der Waals surface area contributed by atoms with E-state index in [0.29, 0.717) is 28.3 Å². The second kappa shape index (κ2) is 13.7.